The standard InChI is InChI=1S/C30H28N6O6S4/c1-25-21(39)35-19-27(13-9-5-7-11-15(13)31-19,17(37)29(35,45-43-25)23(41)33(25)3)28-14-10-6-8-12-16(14)32-20(28)36-22(40)26(2)34(4)24(42)30(36,18(28)38)46-44-26/h5-12,17-20,31-32,37-38H,1-4H3. The number of amides is 4. The smallest absolute Gasteiger partial charge is 0.264 e. The lowest BCUT2D eigenvalue weighted by atomic mass is 9.52. The summed E-state index contributed by atoms with van der Waals surface area (Å²) in [6.45, 7) is 3.42. The van der Waals surface area contributed by atoms with Crippen molar-refractivity contribution in [3.8, 4) is 0 Å². The minimum atomic E-state index is -1.76. The maximum absolute atomic E-state index is 14.7. The Morgan fingerprint density at radius 2 is 0.978 bits per heavy atom. The zero-order chi connectivity index (χ0) is 32.1. The Hall–Kier alpha value is -2.76. The number of nitrogens with zero attached hydrogens (tertiary/aromatic N) is 4. The zero-order valence-electron chi connectivity index (χ0n) is 24.9. The summed E-state index contributed by atoms with van der Waals surface area (Å²) in [7, 11) is 7.98. The van der Waals surface area contributed by atoms with Crippen LogP contribution in [-0.4, -0.2) is 112 Å². The number of fused-ring (bicyclic) bond motifs is 11. The summed E-state index contributed by atoms with van der Waals surface area (Å²) in [5.74, 6) is -1.52. The molecule has 0 radical (unpaired) electrons. The van der Waals surface area contributed by atoms with Crippen molar-refractivity contribution in [1.29, 1.82) is 0 Å². The molecule has 10 aliphatic heterocycles. The highest BCUT2D eigenvalue weighted by Gasteiger charge is 2.92. The Balaban J connectivity index is 1.36. The van der Waals surface area contributed by atoms with Crippen LogP contribution in [0.25, 0.3) is 0 Å². The Kier molecular flexibility index (Phi) is 4.87. The first-order valence-electron chi connectivity index (χ1n) is 14.9. The number of aliphatic hydroxyl groups excluding tert-OH is 2. The molecule has 2 aromatic carbocycles. The summed E-state index contributed by atoms with van der Waals surface area (Å²) in [5, 5.41) is 33.6. The molecule has 10 unspecified atom stereocenters. The molecule has 4 N–H and O–H groups in total. The van der Waals surface area contributed by atoms with E-state index in [0.717, 1.165) is 0 Å². The molecule has 0 aromatic heterocycles. The van der Waals surface area contributed by atoms with Crippen LogP contribution >= 0.6 is 43.2 Å². The van der Waals surface area contributed by atoms with Gasteiger partial charge in [-0.25, -0.2) is 0 Å². The molecule has 12 nitrogen and oxygen atoms in total. The number of likely N-dealkylation sites (N-methyl/N-ethyl adjacent to an activating group) is 2. The Morgan fingerprint density at radius 1 is 0.609 bits per heavy atom. The van der Waals surface area contributed by atoms with Crippen molar-refractivity contribution >= 4 is 78.2 Å². The second-order valence-corrected chi connectivity index (χ2v) is 19.0. The molecule has 16 heteroatoms. The molecular weight excluding hydrogens is 669 g/mol. The summed E-state index contributed by atoms with van der Waals surface area (Å²) in [6, 6.07) is 14.8. The highest BCUT2D eigenvalue weighted by molar-refractivity contribution is 8.78. The molecular formula is C30H28N6O6S4. The summed E-state index contributed by atoms with van der Waals surface area (Å²) >= 11 is 0. The number of hydrogen-bond donors (Lipinski definition) is 4. The number of piperazine rings is 2. The van der Waals surface area contributed by atoms with E-state index in [4.69, 9.17) is 0 Å². The maximum Gasteiger partial charge on any atom is 0.264 e. The van der Waals surface area contributed by atoms with E-state index in [9.17, 15) is 29.4 Å². The van der Waals surface area contributed by atoms with Gasteiger partial charge in [-0.15, -0.1) is 0 Å². The van der Waals surface area contributed by atoms with Gasteiger partial charge in [-0.2, -0.15) is 0 Å². The summed E-state index contributed by atoms with van der Waals surface area (Å²) in [4.78, 5) is 58.2. The molecule has 10 aliphatic rings. The van der Waals surface area contributed by atoms with Gasteiger partial charge in [0.1, 0.15) is 24.5 Å². The van der Waals surface area contributed by atoms with Crippen molar-refractivity contribution in [1.82, 2.24) is 19.6 Å². The molecule has 10 atom stereocenters. The topological polar surface area (TPSA) is 146 Å². The van der Waals surface area contributed by atoms with E-state index in [1.807, 2.05) is 48.5 Å². The highest BCUT2D eigenvalue weighted by Crippen LogP contribution is 2.78. The molecule has 8 saturated heterocycles. The van der Waals surface area contributed by atoms with Gasteiger partial charge in [-0.1, -0.05) is 58.0 Å². The quantitative estimate of drug-likeness (QED) is 0.320. The second kappa shape index (κ2) is 7.92. The van der Waals surface area contributed by atoms with Gasteiger partial charge in [-0.05, 0) is 58.7 Å². The number of carbonyl (C=O) groups is 4. The third-order valence-electron chi connectivity index (χ3n) is 12.1. The summed E-state index contributed by atoms with van der Waals surface area (Å²) < 4.78 is 0. The second-order valence-electron chi connectivity index (χ2n) is 13.5. The Morgan fingerprint density at radius 3 is 1.37 bits per heavy atom. The van der Waals surface area contributed by atoms with Crippen LogP contribution in [-0.2, 0) is 30.0 Å². The SMILES string of the molecule is CN1C(=O)C23SSC1(C)C(=O)N2C1Nc2ccccc2C1(C12c4ccccc4NC1N1C(=O)C4(C)SSC1(C(=O)N4C)C2O)C3O. The first-order chi connectivity index (χ1) is 21.8. The molecule has 10 heterocycles. The van der Waals surface area contributed by atoms with E-state index in [1.54, 1.807) is 27.9 Å². The van der Waals surface area contributed by atoms with Gasteiger partial charge in [0, 0.05) is 25.5 Å². The lowest BCUT2D eigenvalue weighted by Gasteiger charge is -2.58. The molecule has 46 heavy (non-hydrogen) atoms. The molecule has 0 aliphatic carbocycles. The van der Waals surface area contributed by atoms with E-state index in [1.165, 1.54) is 62.8 Å². The largest absolute Gasteiger partial charge is 0.388 e. The fourth-order valence-corrected chi connectivity index (χ4v) is 16.9. The predicted molar refractivity (Wildman–Crippen MR) is 175 cm³/mol. The van der Waals surface area contributed by atoms with Gasteiger partial charge >= 0.3 is 0 Å². The summed E-state index contributed by atoms with van der Waals surface area (Å²) in [6.07, 6.45) is -5.21. The van der Waals surface area contributed by atoms with E-state index in [0.29, 0.717) is 22.5 Å². The van der Waals surface area contributed by atoms with Crippen molar-refractivity contribution in [2.75, 3.05) is 24.7 Å². The third kappa shape index (κ3) is 2.30. The number of benzene rings is 2. The van der Waals surface area contributed by atoms with Crippen molar-refractivity contribution in [3.63, 3.8) is 0 Å². The van der Waals surface area contributed by atoms with Crippen LogP contribution in [0.15, 0.2) is 48.5 Å². The number of nitrogens with one attached hydrogen (secondary N) is 2. The lowest BCUT2D eigenvalue weighted by molar-refractivity contribution is -0.166. The van der Waals surface area contributed by atoms with E-state index < -0.39 is 66.7 Å². The van der Waals surface area contributed by atoms with E-state index in [2.05, 4.69) is 10.6 Å². The first kappa shape index (κ1) is 28.3. The number of anilines is 2. The summed E-state index contributed by atoms with van der Waals surface area (Å²) in [5.41, 5.74) is -0.775. The van der Waals surface area contributed by atoms with E-state index >= 15 is 0 Å². The van der Waals surface area contributed by atoms with Crippen LogP contribution in [0.5, 0.6) is 0 Å². The van der Waals surface area contributed by atoms with Crippen LogP contribution < -0.4 is 10.6 Å². The fraction of sp³-hybridized carbons (Fsp3) is 0.467. The highest BCUT2D eigenvalue weighted by atomic mass is 33.1. The van der Waals surface area contributed by atoms with Crippen LogP contribution in [0, 0.1) is 0 Å². The van der Waals surface area contributed by atoms with Gasteiger partial charge in [0.2, 0.25) is 9.74 Å². The van der Waals surface area contributed by atoms with Crippen LogP contribution in [0.3, 0.4) is 0 Å². The molecule has 0 saturated carbocycles. The Bertz CT molecular complexity index is 1760. The average Bonchev–Trinajstić information content (AvgIpc) is 3.70. The zero-order valence-corrected chi connectivity index (χ0v) is 28.1. The lowest BCUT2D eigenvalue weighted by Crippen LogP contribution is -2.77. The van der Waals surface area contributed by atoms with E-state index in [-0.39, 0.29) is 11.8 Å². The third-order valence-corrected chi connectivity index (χ3v) is 19.5. The van der Waals surface area contributed by atoms with Crippen LogP contribution in [0.4, 0.5) is 11.4 Å². The number of aliphatic hydroxyl groups is 2. The minimum absolute atomic E-state index is 0.342. The van der Waals surface area contributed by atoms with Crippen molar-refractivity contribution in [3.05, 3.63) is 59.7 Å². The minimum Gasteiger partial charge on any atom is -0.388 e. The molecule has 4 amide bonds. The van der Waals surface area contributed by atoms with Gasteiger partial charge in [0.25, 0.3) is 23.6 Å². The number of para-hydroxylation sites is 2. The molecule has 2 spiro atoms. The van der Waals surface area contributed by atoms with Crippen LogP contribution in [0.1, 0.15) is 25.0 Å². The molecule has 12 rings (SSSR count). The normalized spacial score (nSPS) is 47.0. The Labute approximate surface area is 279 Å². The van der Waals surface area contributed by atoms with Crippen LogP contribution in [0.2, 0.25) is 0 Å². The number of hydrogen-bond acceptors (Lipinski definition) is 12. The maximum atomic E-state index is 14.7. The number of carbonyl (C=O) groups excluding carboxylic acids is 4. The first-order valence-corrected chi connectivity index (χ1v) is 19.2. The van der Waals surface area contributed by atoms with Crippen molar-refractivity contribution in [2.45, 2.75) is 68.7 Å². The molecule has 2 aromatic rings. The van der Waals surface area contributed by atoms with Gasteiger partial charge < -0.3 is 30.6 Å². The number of rotatable bonds is 1. The molecule has 238 valence electrons. The van der Waals surface area contributed by atoms with Crippen molar-refractivity contribution in [2.24, 2.45) is 0 Å². The van der Waals surface area contributed by atoms with Gasteiger partial charge in [-0.3, -0.25) is 29.0 Å². The fourth-order valence-electron chi connectivity index (χ4n) is 9.79. The average molecular weight is 697 g/mol. The van der Waals surface area contributed by atoms with Gasteiger partial charge in [0.15, 0.2) is 9.74 Å². The predicted octanol–water partition coefficient (Wildman–Crippen LogP) is 1.33. The van der Waals surface area contributed by atoms with Gasteiger partial charge in [0.05, 0.1) is 10.8 Å². The monoisotopic (exact) mass is 696 g/mol. The van der Waals surface area contributed by atoms with Crippen molar-refractivity contribution < 1.29 is 29.4 Å². The molecule has 4 bridgehead atoms. The molecule has 8 fully saturated rings.